The van der Waals surface area contributed by atoms with Crippen molar-refractivity contribution in [3.8, 4) is 0 Å². The molecule has 1 aliphatic rings. The summed E-state index contributed by atoms with van der Waals surface area (Å²) in [5, 5.41) is 9.08. The number of furan rings is 1. The molecule has 6 heteroatoms. The topological polar surface area (TPSA) is 71.5 Å². The number of aromatic nitrogens is 2. The minimum absolute atomic E-state index is 0.105. The van der Waals surface area contributed by atoms with Gasteiger partial charge < -0.3 is 19.0 Å². The van der Waals surface area contributed by atoms with Gasteiger partial charge in [-0.15, -0.1) is 0 Å². The molecule has 0 saturated carbocycles. The Labute approximate surface area is 142 Å². The number of imidazole rings is 1. The van der Waals surface area contributed by atoms with Gasteiger partial charge in [0.1, 0.15) is 18.2 Å². The van der Waals surface area contributed by atoms with Crippen LogP contribution >= 0.6 is 0 Å². The highest BCUT2D eigenvalue weighted by molar-refractivity contribution is 5.91. The number of unbranched alkanes of at least 4 members (excludes halogenated alkanes) is 1. The van der Waals surface area contributed by atoms with Crippen molar-refractivity contribution >= 4 is 5.91 Å². The van der Waals surface area contributed by atoms with Crippen molar-refractivity contribution in [1.82, 2.24) is 14.5 Å². The van der Waals surface area contributed by atoms with E-state index in [4.69, 9.17) is 9.52 Å². The first kappa shape index (κ1) is 16.8. The van der Waals surface area contributed by atoms with Crippen molar-refractivity contribution in [1.29, 1.82) is 0 Å². The van der Waals surface area contributed by atoms with Gasteiger partial charge in [-0.25, -0.2) is 4.98 Å². The van der Waals surface area contributed by atoms with E-state index in [2.05, 4.69) is 16.5 Å². The van der Waals surface area contributed by atoms with Gasteiger partial charge in [-0.3, -0.25) is 4.79 Å². The zero-order valence-corrected chi connectivity index (χ0v) is 14.1. The van der Waals surface area contributed by atoms with E-state index in [-0.39, 0.29) is 18.4 Å². The number of hydrogen-bond acceptors (Lipinski definition) is 4. The molecule has 130 valence electrons. The van der Waals surface area contributed by atoms with E-state index in [9.17, 15) is 4.79 Å². The molecular weight excluding hydrogens is 306 g/mol. The van der Waals surface area contributed by atoms with Gasteiger partial charge in [0.05, 0.1) is 0 Å². The van der Waals surface area contributed by atoms with Gasteiger partial charge >= 0.3 is 0 Å². The van der Waals surface area contributed by atoms with Crippen molar-refractivity contribution in [2.24, 2.45) is 0 Å². The summed E-state index contributed by atoms with van der Waals surface area (Å²) in [6, 6.07) is 3.28. The van der Waals surface area contributed by atoms with E-state index < -0.39 is 0 Å². The van der Waals surface area contributed by atoms with Crippen LogP contribution in [0.4, 0.5) is 0 Å². The van der Waals surface area contributed by atoms with Gasteiger partial charge in [-0.1, -0.05) is 13.3 Å². The van der Waals surface area contributed by atoms with Crippen molar-refractivity contribution in [2.45, 2.75) is 51.7 Å². The Morgan fingerprint density at radius 1 is 1.46 bits per heavy atom. The number of amides is 1. The second-order valence-corrected chi connectivity index (χ2v) is 6.35. The van der Waals surface area contributed by atoms with Crippen LogP contribution < -0.4 is 0 Å². The summed E-state index contributed by atoms with van der Waals surface area (Å²) in [5.74, 6) is 1.96. The number of aliphatic hydroxyl groups excluding tert-OH is 1. The van der Waals surface area contributed by atoms with Gasteiger partial charge in [0.2, 0.25) is 0 Å². The molecular formula is C18H25N3O3. The number of rotatable bonds is 6. The molecule has 24 heavy (non-hydrogen) atoms. The second kappa shape index (κ2) is 7.66. The zero-order valence-electron chi connectivity index (χ0n) is 14.1. The van der Waals surface area contributed by atoms with Crippen LogP contribution in [0.5, 0.6) is 0 Å². The lowest BCUT2D eigenvalue weighted by atomic mass is 9.97. The standard InChI is InChI=1S/C18H25N3O3/c1-2-3-9-20-11-8-19-17(20)14-5-4-10-21(12-14)18(23)16-7-6-15(13-22)24-16/h6-8,11,14,22H,2-5,9-10,12-13H2,1H3. The Kier molecular flexibility index (Phi) is 5.35. The third kappa shape index (κ3) is 3.53. The minimum Gasteiger partial charge on any atom is -0.453 e. The maximum absolute atomic E-state index is 12.6. The van der Waals surface area contributed by atoms with Crippen molar-refractivity contribution in [3.63, 3.8) is 0 Å². The predicted octanol–water partition coefficient (Wildman–Crippen LogP) is 2.79. The number of piperidine rings is 1. The molecule has 0 aromatic carbocycles. The normalized spacial score (nSPS) is 18.1. The fraction of sp³-hybridized carbons (Fsp3) is 0.556. The molecule has 0 radical (unpaired) electrons. The highest BCUT2D eigenvalue weighted by Gasteiger charge is 2.29. The Hall–Kier alpha value is -2.08. The quantitative estimate of drug-likeness (QED) is 0.883. The average Bonchev–Trinajstić information content (AvgIpc) is 3.28. The van der Waals surface area contributed by atoms with Crippen molar-refractivity contribution in [2.75, 3.05) is 13.1 Å². The summed E-state index contributed by atoms with van der Waals surface area (Å²) < 4.78 is 7.61. The van der Waals surface area contributed by atoms with Crippen molar-refractivity contribution < 1.29 is 14.3 Å². The smallest absolute Gasteiger partial charge is 0.289 e. The fourth-order valence-corrected chi connectivity index (χ4v) is 3.30. The molecule has 0 spiro atoms. The molecule has 3 rings (SSSR count). The van der Waals surface area contributed by atoms with Crippen LogP contribution in [0.3, 0.4) is 0 Å². The largest absolute Gasteiger partial charge is 0.453 e. The first-order valence-corrected chi connectivity index (χ1v) is 8.72. The van der Waals surface area contributed by atoms with Crippen LogP contribution in [0.15, 0.2) is 28.9 Å². The summed E-state index contributed by atoms with van der Waals surface area (Å²) in [4.78, 5) is 19.0. The van der Waals surface area contributed by atoms with E-state index in [1.807, 2.05) is 17.3 Å². The monoisotopic (exact) mass is 331 g/mol. The SMILES string of the molecule is CCCCn1ccnc1C1CCCN(C(=O)c2ccc(CO)o2)C1. The molecule has 1 N–H and O–H groups in total. The minimum atomic E-state index is -0.190. The first-order valence-electron chi connectivity index (χ1n) is 8.72. The van der Waals surface area contributed by atoms with Crippen LogP contribution in [0.25, 0.3) is 0 Å². The molecule has 2 aromatic rings. The van der Waals surface area contributed by atoms with E-state index in [1.165, 1.54) is 0 Å². The number of nitrogens with zero attached hydrogens (tertiary/aromatic N) is 3. The highest BCUT2D eigenvalue weighted by atomic mass is 16.4. The summed E-state index contributed by atoms with van der Waals surface area (Å²) in [5.41, 5.74) is 0. The van der Waals surface area contributed by atoms with E-state index >= 15 is 0 Å². The Morgan fingerprint density at radius 3 is 3.08 bits per heavy atom. The average molecular weight is 331 g/mol. The molecule has 2 aromatic heterocycles. The molecule has 1 fully saturated rings. The summed E-state index contributed by atoms with van der Waals surface area (Å²) in [7, 11) is 0. The number of carbonyl (C=O) groups excluding carboxylic acids is 1. The third-order valence-electron chi connectivity index (χ3n) is 4.60. The Balaban J connectivity index is 1.70. The van der Waals surface area contributed by atoms with Gasteiger partial charge in [0, 0.05) is 37.9 Å². The first-order chi connectivity index (χ1) is 11.7. The maximum atomic E-state index is 12.6. The molecule has 1 aliphatic heterocycles. The predicted molar refractivity (Wildman–Crippen MR) is 89.6 cm³/mol. The Bertz CT molecular complexity index is 677. The lowest BCUT2D eigenvalue weighted by Crippen LogP contribution is -2.39. The van der Waals surface area contributed by atoms with Crippen LogP contribution in [0.2, 0.25) is 0 Å². The van der Waals surface area contributed by atoms with E-state index in [0.29, 0.717) is 18.1 Å². The molecule has 1 saturated heterocycles. The van der Waals surface area contributed by atoms with Crippen LogP contribution in [-0.4, -0.2) is 38.6 Å². The molecule has 3 heterocycles. The summed E-state index contributed by atoms with van der Waals surface area (Å²) in [6.07, 6.45) is 8.18. The molecule has 1 unspecified atom stereocenters. The van der Waals surface area contributed by atoms with Gasteiger partial charge in [0.25, 0.3) is 5.91 Å². The fourth-order valence-electron chi connectivity index (χ4n) is 3.30. The van der Waals surface area contributed by atoms with Crippen LogP contribution in [0.1, 0.15) is 60.7 Å². The summed E-state index contributed by atoms with van der Waals surface area (Å²) in [6.45, 7) is 4.37. The number of aryl methyl sites for hydroxylation is 1. The molecule has 1 atom stereocenters. The zero-order chi connectivity index (χ0) is 16.9. The lowest BCUT2D eigenvalue weighted by Gasteiger charge is -2.32. The van der Waals surface area contributed by atoms with Crippen LogP contribution in [0, 0.1) is 0 Å². The molecule has 0 bridgehead atoms. The van der Waals surface area contributed by atoms with E-state index in [1.54, 1.807) is 12.1 Å². The highest BCUT2D eigenvalue weighted by Crippen LogP contribution is 2.27. The Morgan fingerprint density at radius 2 is 2.33 bits per heavy atom. The van der Waals surface area contributed by atoms with Gasteiger partial charge in [0.15, 0.2) is 5.76 Å². The van der Waals surface area contributed by atoms with E-state index in [0.717, 1.165) is 44.6 Å². The van der Waals surface area contributed by atoms with Crippen molar-refractivity contribution in [3.05, 3.63) is 41.9 Å². The third-order valence-corrected chi connectivity index (χ3v) is 4.60. The number of carbonyl (C=O) groups is 1. The second-order valence-electron chi connectivity index (χ2n) is 6.35. The number of likely N-dealkylation sites (tertiary alicyclic amines) is 1. The van der Waals surface area contributed by atoms with Crippen LogP contribution in [-0.2, 0) is 13.2 Å². The maximum Gasteiger partial charge on any atom is 0.289 e. The number of hydrogen-bond donors (Lipinski definition) is 1. The molecule has 6 nitrogen and oxygen atoms in total. The van der Waals surface area contributed by atoms with Gasteiger partial charge in [-0.2, -0.15) is 0 Å². The van der Waals surface area contributed by atoms with Gasteiger partial charge in [-0.05, 0) is 31.4 Å². The molecule has 1 amide bonds. The molecule has 0 aliphatic carbocycles. The number of aliphatic hydroxyl groups is 1. The summed E-state index contributed by atoms with van der Waals surface area (Å²) >= 11 is 0. The lowest BCUT2D eigenvalue weighted by molar-refractivity contribution is 0.0666.